The van der Waals surface area contributed by atoms with Crippen LogP contribution in [0.15, 0.2) is 46.6 Å². The SMILES string of the molecule is COc1cccc(N=Nc2c(Cl)cccc2[N+](=O)[O-])c1NC(=O)CC(C)=O. The fourth-order valence-corrected chi connectivity index (χ4v) is 2.37. The molecule has 0 radical (unpaired) electrons. The van der Waals surface area contributed by atoms with Crippen molar-refractivity contribution < 1.29 is 19.2 Å². The van der Waals surface area contributed by atoms with Crippen molar-refractivity contribution in [2.75, 3.05) is 12.4 Å². The first kappa shape index (κ1) is 20.0. The van der Waals surface area contributed by atoms with Gasteiger partial charge in [0.2, 0.25) is 5.91 Å². The van der Waals surface area contributed by atoms with Crippen molar-refractivity contribution in [1.29, 1.82) is 0 Å². The molecule has 140 valence electrons. The first-order chi connectivity index (χ1) is 12.8. The predicted octanol–water partition coefficient (Wildman–Crippen LogP) is 4.59. The van der Waals surface area contributed by atoms with Gasteiger partial charge in [0, 0.05) is 6.07 Å². The van der Waals surface area contributed by atoms with E-state index >= 15 is 0 Å². The van der Waals surface area contributed by atoms with E-state index < -0.39 is 10.8 Å². The van der Waals surface area contributed by atoms with Crippen molar-refractivity contribution >= 4 is 46.0 Å². The number of carbonyl (C=O) groups is 2. The number of benzene rings is 2. The largest absolute Gasteiger partial charge is 0.494 e. The third kappa shape index (κ3) is 5.08. The van der Waals surface area contributed by atoms with E-state index in [4.69, 9.17) is 16.3 Å². The van der Waals surface area contributed by atoms with E-state index in [9.17, 15) is 19.7 Å². The summed E-state index contributed by atoms with van der Waals surface area (Å²) in [6.07, 6.45) is -0.315. The van der Waals surface area contributed by atoms with Gasteiger partial charge in [-0.1, -0.05) is 23.7 Å². The molecule has 27 heavy (non-hydrogen) atoms. The van der Waals surface area contributed by atoms with E-state index in [1.807, 2.05) is 0 Å². The molecule has 1 N–H and O–H groups in total. The number of azo groups is 1. The third-order valence-corrected chi connectivity index (χ3v) is 3.62. The Morgan fingerprint density at radius 2 is 1.93 bits per heavy atom. The smallest absolute Gasteiger partial charge is 0.298 e. The number of carbonyl (C=O) groups excluding carboxylic acids is 2. The molecule has 0 spiro atoms. The molecule has 0 aliphatic carbocycles. The zero-order valence-corrected chi connectivity index (χ0v) is 15.2. The maximum absolute atomic E-state index is 11.9. The Balaban J connectivity index is 2.45. The number of hydrogen-bond donors (Lipinski definition) is 1. The molecule has 0 aliphatic heterocycles. The summed E-state index contributed by atoms with van der Waals surface area (Å²) in [4.78, 5) is 33.6. The Morgan fingerprint density at radius 1 is 1.22 bits per heavy atom. The molecule has 0 atom stereocenters. The Bertz CT molecular complexity index is 930. The number of ketones is 1. The summed E-state index contributed by atoms with van der Waals surface area (Å²) in [5.41, 5.74) is -0.0607. The van der Waals surface area contributed by atoms with E-state index in [0.29, 0.717) is 0 Å². The summed E-state index contributed by atoms with van der Waals surface area (Å²) >= 11 is 5.99. The molecular weight excluding hydrogens is 376 g/mol. The first-order valence-corrected chi connectivity index (χ1v) is 8.02. The minimum absolute atomic E-state index is 0.0537. The zero-order chi connectivity index (χ0) is 20.0. The van der Waals surface area contributed by atoms with Crippen LogP contribution in [0, 0.1) is 10.1 Å². The number of ether oxygens (including phenoxy) is 1. The van der Waals surface area contributed by atoms with Gasteiger partial charge in [-0.2, -0.15) is 0 Å². The number of nitrogens with one attached hydrogen (secondary N) is 1. The Hall–Kier alpha value is -3.33. The number of rotatable bonds is 7. The van der Waals surface area contributed by atoms with Crippen LogP contribution in [0.4, 0.5) is 22.7 Å². The van der Waals surface area contributed by atoms with Crippen LogP contribution in [0.25, 0.3) is 0 Å². The lowest BCUT2D eigenvalue weighted by Gasteiger charge is -2.11. The lowest BCUT2D eigenvalue weighted by atomic mass is 10.2. The summed E-state index contributed by atoms with van der Waals surface area (Å²) in [6, 6.07) is 8.84. The number of halogens is 1. The van der Waals surface area contributed by atoms with Crippen molar-refractivity contribution in [3.05, 3.63) is 51.5 Å². The monoisotopic (exact) mass is 390 g/mol. The quantitative estimate of drug-likeness (QED) is 0.320. The summed E-state index contributed by atoms with van der Waals surface area (Å²) in [7, 11) is 1.40. The number of nitrogens with zero attached hydrogens (tertiary/aromatic N) is 3. The minimum atomic E-state index is -0.624. The number of Topliss-reactive ketones (excluding diaryl/α,β-unsaturated/α-hetero) is 1. The summed E-state index contributed by atoms with van der Waals surface area (Å²) in [6.45, 7) is 1.29. The first-order valence-electron chi connectivity index (χ1n) is 7.64. The standard InChI is InChI=1S/C17H15ClN4O5/c1-10(23)9-15(24)19-17-12(6-4-8-14(17)27-2)20-21-16-11(18)5-3-7-13(16)22(25)26/h3-8H,9H2,1-2H3,(H,19,24). The van der Waals surface area contributed by atoms with Crippen molar-refractivity contribution in [1.82, 2.24) is 0 Å². The van der Waals surface area contributed by atoms with E-state index in [1.165, 1.54) is 38.3 Å². The van der Waals surface area contributed by atoms with Gasteiger partial charge in [-0.05, 0) is 25.1 Å². The normalized spacial score (nSPS) is 10.6. The fourth-order valence-electron chi connectivity index (χ4n) is 2.16. The van der Waals surface area contributed by atoms with Gasteiger partial charge in [-0.25, -0.2) is 0 Å². The van der Waals surface area contributed by atoms with Gasteiger partial charge >= 0.3 is 0 Å². The van der Waals surface area contributed by atoms with E-state index in [2.05, 4.69) is 15.5 Å². The highest BCUT2D eigenvalue weighted by Crippen LogP contribution is 2.39. The van der Waals surface area contributed by atoms with Crippen LogP contribution in [0.2, 0.25) is 5.02 Å². The van der Waals surface area contributed by atoms with Crippen molar-refractivity contribution in [2.45, 2.75) is 13.3 Å². The van der Waals surface area contributed by atoms with Gasteiger partial charge in [0.25, 0.3) is 5.69 Å². The highest BCUT2D eigenvalue weighted by molar-refractivity contribution is 6.33. The average Bonchev–Trinajstić information content (AvgIpc) is 2.60. The number of nitro groups is 1. The Kier molecular flexibility index (Phi) is 6.56. The average molecular weight is 391 g/mol. The molecule has 2 rings (SSSR count). The van der Waals surface area contributed by atoms with E-state index in [1.54, 1.807) is 12.1 Å². The number of para-hydroxylation sites is 1. The summed E-state index contributed by atoms with van der Waals surface area (Å²) in [5, 5.41) is 21.6. The lowest BCUT2D eigenvalue weighted by molar-refractivity contribution is -0.384. The van der Waals surface area contributed by atoms with Crippen LogP contribution in [0.5, 0.6) is 5.75 Å². The summed E-state index contributed by atoms with van der Waals surface area (Å²) in [5.74, 6) is -0.568. The van der Waals surface area contributed by atoms with Crippen molar-refractivity contribution in [3.63, 3.8) is 0 Å². The molecule has 0 saturated heterocycles. The molecule has 2 aromatic rings. The topological polar surface area (TPSA) is 123 Å². The number of hydrogen-bond acceptors (Lipinski definition) is 7. The molecule has 0 bridgehead atoms. The Labute approximate surface area is 159 Å². The molecule has 0 saturated carbocycles. The molecular formula is C17H15ClN4O5. The van der Waals surface area contributed by atoms with E-state index in [-0.39, 0.29) is 45.7 Å². The highest BCUT2D eigenvalue weighted by Gasteiger charge is 2.18. The number of nitro benzene ring substituents is 1. The summed E-state index contributed by atoms with van der Waals surface area (Å²) < 4.78 is 5.19. The lowest BCUT2D eigenvalue weighted by Crippen LogP contribution is -2.15. The number of methoxy groups -OCH3 is 1. The maximum Gasteiger partial charge on any atom is 0.298 e. The van der Waals surface area contributed by atoms with Gasteiger partial charge in [-0.15, -0.1) is 10.2 Å². The molecule has 0 unspecified atom stereocenters. The van der Waals surface area contributed by atoms with Gasteiger partial charge in [0.05, 0.1) is 23.5 Å². The van der Waals surface area contributed by atoms with Crippen molar-refractivity contribution in [3.8, 4) is 5.75 Å². The molecule has 10 heteroatoms. The van der Waals surface area contributed by atoms with Gasteiger partial charge in [0.1, 0.15) is 22.9 Å². The Morgan fingerprint density at radius 3 is 2.56 bits per heavy atom. The molecule has 0 heterocycles. The number of amides is 1. The molecule has 0 aliphatic rings. The second-order valence-corrected chi connectivity index (χ2v) is 5.75. The van der Waals surface area contributed by atoms with Crippen LogP contribution in [0.3, 0.4) is 0 Å². The molecule has 0 fully saturated rings. The van der Waals surface area contributed by atoms with Gasteiger partial charge < -0.3 is 10.1 Å². The second-order valence-electron chi connectivity index (χ2n) is 5.35. The molecule has 1 amide bonds. The maximum atomic E-state index is 11.9. The molecule has 0 aromatic heterocycles. The highest BCUT2D eigenvalue weighted by atomic mass is 35.5. The number of anilines is 1. The molecule has 9 nitrogen and oxygen atoms in total. The fraction of sp³-hybridized carbons (Fsp3) is 0.176. The predicted molar refractivity (Wildman–Crippen MR) is 99.2 cm³/mol. The van der Waals surface area contributed by atoms with E-state index in [0.717, 1.165) is 0 Å². The zero-order valence-electron chi connectivity index (χ0n) is 14.4. The van der Waals surface area contributed by atoms with Crippen LogP contribution in [-0.2, 0) is 9.59 Å². The van der Waals surface area contributed by atoms with Crippen LogP contribution in [-0.4, -0.2) is 23.7 Å². The minimum Gasteiger partial charge on any atom is -0.494 e. The van der Waals surface area contributed by atoms with Gasteiger partial charge in [-0.3, -0.25) is 19.7 Å². The van der Waals surface area contributed by atoms with Crippen molar-refractivity contribution in [2.24, 2.45) is 10.2 Å². The third-order valence-electron chi connectivity index (χ3n) is 3.32. The van der Waals surface area contributed by atoms with Gasteiger partial charge in [0.15, 0.2) is 5.69 Å². The second kappa shape index (κ2) is 8.86. The molecule has 2 aromatic carbocycles. The van der Waals surface area contributed by atoms with Crippen LogP contribution >= 0.6 is 11.6 Å². The van der Waals surface area contributed by atoms with Crippen LogP contribution < -0.4 is 10.1 Å². The van der Waals surface area contributed by atoms with Crippen LogP contribution in [0.1, 0.15) is 13.3 Å².